The van der Waals surface area contributed by atoms with Crippen LogP contribution in [0.3, 0.4) is 0 Å². The Morgan fingerprint density at radius 1 is 1.23 bits per heavy atom. The third kappa shape index (κ3) is 5.54. The van der Waals surface area contributed by atoms with Gasteiger partial charge in [0, 0.05) is 17.7 Å². The number of nitrogens with zero attached hydrogens (tertiary/aromatic N) is 3. The first kappa shape index (κ1) is 22.8. The number of benzene rings is 2. The second-order valence-electron chi connectivity index (χ2n) is 5.59. The van der Waals surface area contributed by atoms with E-state index >= 15 is 0 Å². The molecule has 0 radical (unpaired) electrons. The van der Waals surface area contributed by atoms with Crippen molar-refractivity contribution in [1.29, 1.82) is 0 Å². The van der Waals surface area contributed by atoms with E-state index in [2.05, 4.69) is 10.2 Å². The topological polar surface area (TPSA) is 114 Å². The van der Waals surface area contributed by atoms with E-state index in [-0.39, 0.29) is 22.9 Å². The lowest BCUT2D eigenvalue weighted by atomic mass is 10.1. The number of alkyl halides is 3. The zero-order valence-electron chi connectivity index (χ0n) is 15.2. The van der Waals surface area contributed by atoms with E-state index < -0.39 is 39.8 Å². The van der Waals surface area contributed by atoms with Crippen molar-refractivity contribution in [2.75, 3.05) is 6.61 Å². The van der Waals surface area contributed by atoms with E-state index in [4.69, 9.17) is 16.3 Å². The molecule has 30 heavy (non-hydrogen) atoms. The van der Waals surface area contributed by atoms with Crippen LogP contribution in [0.15, 0.2) is 58.4 Å². The van der Waals surface area contributed by atoms with Crippen LogP contribution in [0.1, 0.15) is 18.1 Å². The number of azo groups is 1. The monoisotopic (exact) mass is 443 g/mol. The maximum Gasteiger partial charge on any atom is 0.416 e. The lowest BCUT2D eigenvalue weighted by Gasteiger charge is -2.08. The fourth-order valence-corrected chi connectivity index (χ4v) is 2.29. The summed E-state index contributed by atoms with van der Waals surface area (Å²) in [5.41, 5.74) is -2.45. The predicted octanol–water partition coefficient (Wildman–Crippen LogP) is 5.84. The molecule has 0 heterocycles. The average Bonchev–Trinajstić information content (AvgIpc) is 2.68. The molecule has 2 aromatic carbocycles. The highest BCUT2D eigenvalue weighted by molar-refractivity contribution is 6.33. The van der Waals surface area contributed by atoms with Gasteiger partial charge in [-0.05, 0) is 37.3 Å². The summed E-state index contributed by atoms with van der Waals surface area (Å²) >= 11 is 5.83. The third-order valence-electron chi connectivity index (χ3n) is 3.58. The molecule has 0 amide bonds. The fraction of sp³-hybridized carbons (Fsp3) is 0.167. The molecule has 0 aliphatic carbocycles. The zero-order chi connectivity index (χ0) is 22.5. The summed E-state index contributed by atoms with van der Waals surface area (Å²) in [6.07, 6.45) is -4.66. The Labute approximate surface area is 172 Å². The van der Waals surface area contributed by atoms with Crippen molar-refractivity contribution in [2.24, 2.45) is 10.2 Å². The molecule has 158 valence electrons. The van der Waals surface area contributed by atoms with Crippen LogP contribution in [0.25, 0.3) is 5.76 Å². The van der Waals surface area contributed by atoms with Crippen molar-refractivity contribution in [1.82, 2.24) is 0 Å². The van der Waals surface area contributed by atoms with Crippen LogP contribution >= 0.6 is 11.6 Å². The van der Waals surface area contributed by atoms with Crippen molar-refractivity contribution < 1.29 is 32.7 Å². The van der Waals surface area contributed by atoms with Gasteiger partial charge in [0.05, 0.1) is 22.1 Å². The number of aliphatic hydroxyl groups is 1. The first-order chi connectivity index (χ1) is 14.0. The SMILES string of the molecule is CCOC(=O)C(N=Nc1cc(C(F)(F)F)ccc1Cl)=C(O)c1ccc([N+](=O)[O-])cc1. The van der Waals surface area contributed by atoms with E-state index in [1.807, 2.05) is 0 Å². The van der Waals surface area contributed by atoms with Crippen LogP contribution in [0, 0.1) is 10.1 Å². The highest BCUT2D eigenvalue weighted by Gasteiger charge is 2.31. The summed E-state index contributed by atoms with van der Waals surface area (Å²) in [7, 11) is 0. The first-order valence-corrected chi connectivity index (χ1v) is 8.56. The van der Waals surface area contributed by atoms with E-state index in [9.17, 15) is 33.2 Å². The van der Waals surface area contributed by atoms with Crippen molar-refractivity contribution in [3.05, 3.63) is 74.4 Å². The van der Waals surface area contributed by atoms with Crippen LogP contribution < -0.4 is 0 Å². The van der Waals surface area contributed by atoms with Crippen molar-refractivity contribution in [3.8, 4) is 0 Å². The normalized spacial score (nSPS) is 12.6. The van der Waals surface area contributed by atoms with Gasteiger partial charge in [-0.2, -0.15) is 13.2 Å². The summed E-state index contributed by atoms with van der Waals surface area (Å²) in [5.74, 6) is -1.85. The second kappa shape index (κ2) is 9.35. The Balaban J connectivity index is 2.51. The lowest BCUT2D eigenvalue weighted by Crippen LogP contribution is -2.08. The van der Waals surface area contributed by atoms with Gasteiger partial charge in [-0.15, -0.1) is 10.2 Å². The first-order valence-electron chi connectivity index (χ1n) is 8.18. The minimum Gasteiger partial charge on any atom is -0.505 e. The summed E-state index contributed by atoms with van der Waals surface area (Å²) in [5, 5.41) is 28.0. The quantitative estimate of drug-likeness (QED) is 0.150. The van der Waals surface area contributed by atoms with Gasteiger partial charge in [0.25, 0.3) is 5.69 Å². The molecule has 1 N–H and O–H groups in total. The summed E-state index contributed by atoms with van der Waals surface area (Å²) in [6.45, 7) is 1.40. The molecule has 8 nitrogen and oxygen atoms in total. The Hall–Kier alpha value is -3.47. The van der Waals surface area contributed by atoms with Gasteiger partial charge in [-0.25, -0.2) is 4.79 Å². The summed E-state index contributed by atoms with van der Waals surface area (Å²) in [6, 6.07) is 6.79. The largest absolute Gasteiger partial charge is 0.505 e. The molecule has 2 rings (SSSR count). The number of carbonyl (C=O) groups excluding carboxylic acids is 1. The standard InChI is InChI=1S/C18H13ClF3N3O5/c1-2-30-17(27)15(16(26)10-3-6-12(7-4-10)25(28)29)24-23-14-9-11(18(20,21)22)5-8-13(14)19/h3-9,26H,2H2,1H3. The van der Waals surface area contributed by atoms with Crippen molar-refractivity contribution >= 4 is 34.7 Å². The van der Waals surface area contributed by atoms with Gasteiger partial charge >= 0.3 is 12.1 Å². The maximum absolute atomic E-state index is 12.9. The summed E-state index contributed by atoms with van der Waals surface area (Å²) < 4.78 is 43.4. The average molecular weight is 444 g/mol. The predicted molar refractivity (Wildman–Crippen MR) is 100 cm³/mol. The number of rotatable bonds is 6. The second-order valence-corrected chi connectivity index (χ2v) is 5.99. The van der Waals surface area contributed by atoms with E-state index in [1.54, 1.807) is 0 Å². The molecule has 0 bridgehead atoms. The number of esters is 1. The van der Waals surface area contributed by atoms with Crippen molar-refractivity contribution in [3.63, 3.8) is 0 Å². The van der Waals surface area contributed by atoms with Crippen LogP contribution in [-0.2, 0) is 15.7 Å². The van der Waals surface area contributed by atoms with E-state index in [1.165, 1.54) is 6.92 Å². The molecule has 0 spiro atoms. The maximum atomic E-state index is 12.9. The highest BCUT2D eigenvalue weighted by Crippen LogP contribution is 2.35. The molecule has 0 aromatic heterocycles. The molecule has 2 aromatic rings. The van der Waals surface area contributed by atoms with E-state index in [0.717, 1.165) is 36.4 Å². The van der Waals surface area contributed by atoms with Gasteiger partial charge in [0.1, 0.15) is 5.69 Å². The van der Waals surface area contributed by atoms with Gasteiger partial charge in [0.15, 0.2) is 5.76 Å². The summed E-state index contributed by atoms with van der Waals surface area (Å²) in [4.78, 5) is 22.2. The molecule has 0 fully saturated rings. The minimum atomic E-state index is -4.66. The molecule has 0 unspecified atom stereocenters. The molecular weight excluding hydrogens is 431 g/mol. The number of non-ortho nitro benzene ring substituents is 1. The molecule has 12 heteroatoms. The smallest absolute Gasteiger partial charge is 0.416 e. The number of aliphatic hydroxyl groups excluding tert-OH is 1. The molecule has 0 aliphatic rings. The Bertz CT molecular complexity index is 1020. The number of nitro groups is 1. The van der Waals surface area contributed by atoms with Gasteiger partial charge in [-0.1, -0.05) is 11.6 Å². The highest BCUT2D eigenvalue weighted by atomic mass is 35.5. The number of hydrogen-bond donors (Lipinski definition) is 1. The molecule has 0 atom stereocenters. The van der Waals surface area contributed by atoms with Crippen LogP contribution in [0.2, 0.25) is 5.02 Å². The van der Waals surface area contributed by atoms with Crippen LogP contribution in [0.4, 0.5) is 24.5 Å². The van der Waals surface area contributed by atoms with Gasteiger partial charge < -0.3 is 9.84 Å². The number of hydrogen-bond acceptors (Lipinski definition) is 7. The Morgan fingerprint density at radius 2 is 1.87 bits per heavy atom. The number of nitro benzene ring substituents is 1. The van der Waals surface area contributed by atoms with Gasteiger partial charge in [-0.3, -0.25) is 10.1 Å². The number of ether oxygens (including phenoxy) is 1. The zero-order valence-corrected chi connectivity index (χ0v) is 15.9. The fourth-order valence-electron chi connectivity index (χ4n) is 2.13. The molecule has 0 saturated carbocycles. The lowest BCUT2D eigenvalue weighted by molar-refractivity contribution is -0.384. The molecule has 0 saturated heterocycles. The van der Waals surface area contributed by atoms with E-state index in [0.29, 0.717) is 6.07 Å². The molecular formula is C18H13ClF3N3O5. The number of carbonyl (C=O) groups is 1. The van der Waals surface area contributed by atoms with Crippen molar-refractivity contribution in [2.45, 2.75) is 13.1 Å². The third-order valence-corrected chi connectivity index (χ3v) is 3.90. The molecule has 0 aliphatic heterocycles. The van der Waals surface area contributed by atoms with Gasteiger partial charge in [0.2, 0.25) is 5.70 Å². The Kier molecular flexibility index (Phi) is 7.11. The van der Waals surface area contributed by atoms with Crippen LogP contribution in [-0.4, -0.2) is 22.6 Å². The van der Waals surface area contributed by atoms with Crippen LogP contribution in [0.5, 0.6) is 0 Å². The Morgan fingerprint density at radius 3 is 2.40 bits per heavy atom. The minimum absolute atomic E-state index is 0.0299. The number of halogens is 4.